The molecule has 0 radical (unpaired) electrons. The van der Waals surface area contributed by atoms with E-state index in [0.717, 1.165) is 34.3 Å². The van der Waals surface area contributed by atoms with Crippen molar-refractivity contribution in [3.63, 3.8) is 0 Å². The van der Waals surface area contributed by atoms with E-state index in [2.05, 4.69) is 54.7 Å². The van der Waals surface area contributed by atoms with Crippen LogP contribution in [0.5, 0.6) is 5.88 Å². The number of benzene rings is 2. The number of aryl methyl sites for hydroxylation is 3. The number of pyridine rings is 1. The molecule has 0 fully saturated rings. The predicted octanol–water partition coefficient (Wildman–Crippen LogP) is 4.92. The summed E-state index contributed by atoms with van der Waals surface area (Å²) >= 11 is 0. The average Bonchev–Trinajstić information content (AvgIpc) is 3.22. The van der Waals surface area contributed by atoms with E-state index in [0.29, 0.717) is 18.0 Å². The van der Waals surface area contributed by atoms with Gasteiger partial charge < -0.3 is 19.5 Å². The van der Waals surface area contributed by atoms with Crippen LogP contribution >= 0.6 is 0 Å². The van der Waals surface area contributed by atoms with Gasteiger partial charge in [0.15, 0.2) is 0 Å². The van der Waals surface area contributed by atoms with Crippen molar-refractivity contribution in [3.05, 3.63) is 88.7 Å². The van der Waals surface area contributed by atoms with Gasteiger partial charge >= 0.3 is 0 Å². The molecule has 0 saturated heterocycles. The summed E-state index contributed by atoms with van der Waals surface area (Å²) < 4.78 is 7.41. The Balaban J connectivity index is 1.63. The highest BCUT2D eigenvalue weighted by molar-refractivity contribution is 6.00. The van der Waals surface area contributed by atoms with Crippen molar-refractivity contribution in [3.8, 4) is 5.88 Å². The minimum atomic E-state index is -0.736. The number of hydrogen-bond donors (Lipinski definition) is 1. The minimum absolute atomic E-state index is 0.181. The number of ether oxygens (including phenoxy) is 1. The van der Waals surface area contributed by atoms with Crippen LogP contribution in [0.15, 0.2) is 60.8 Å². The second-order valence-corrected chi connectivity index (χ2v) is 9.67. The Bertz CT molecular complexity index is 1440. The van der Waals surface area contributed by atoms with Crippen LogP contribution in [0.2, 0.25) is 0 Å². The zero-order valence-corrected chi connectivity index (χ0v) is 23.0. The topological polar surface area (TPSA) is 76.5 Å². The molecule has 2 amide bonds. The molecule has 2 aromatic carbocycles. The largest absolute Gasteiger partial charge is 0.481 e. The van der Waals surface area contributed by atoms with E-state index < -0.39 is 6.04 Å². The van der Waals surface area contributed by atoms with E-state index in [1.165, 1.54) is 16.0 Å². The van der Waals surface area contributed by atoms with E-state index in [1.807, 2.05) is 30.3 Å². The fraction of sp³-hybridized carbons (Fsp3) is 0.323. The van der Waals surface area contributed by atoms with Gasteiger partial charge in [0.05, 0.1) is 30.9 Å². The average molecular weight is 513 g/mol. The van der Waals surface area contributed by atoms with Crippen molar-refractivity contribution in [2.24, 2.45) is 0 Å². The molecule has 0 aliphatic rings. The van der Waals surface area contributed by atoms with Crippen molar-refractivity contribution in [2.75, 3.05) is 19.1 Å². The van der Waals surface area contributed by atoms with Crippen molar-refractivity contribution < 1.29 is 14.3 Å². The van der Waals surface area contributed by atoms with Crippen LogP contribution in [-0.2, 0) is 29.0 Å². The number of nitrogens with zero attached hydrogens (tertiary/aromatic N) is 3. The lowest BCUT2D eigenvalue weighted by molar-refractivity contribution is -0.127. The summed E-state index contributed by atoms with van der Waals surface area (Å²) in [6, 6.07) is 16.7. The highest BCUT2D eigenvalue weighted by Crippen LogP contribution is 2.31. The van der Waals surface area contributed by atoms with Crippen molar-refractivity contribution >= 4 is 28.4 Å². The summed E-state index contributed by atoms with van der Waals surface area (Å²) in [6.45, 7) is 9.21. The van der Waals surface area contributed by atoms with Gasteiger partial charge in [-0.05, 0) is 56.0 Å². The first-order valence-electron chi connectivity index (χ1n) is 12.9. The van der Waals surface area contributed by atoms with Gasteiger partial charge in [0.2, 0.25) is 17.7 Å². The number of carbonyl (C=O) groups excluding carboxylic acids is 2. The van der Waals surface area contributed by atoms with E-state index in [1.54, 1.807) is 32.5 Å². The first kappa shape index (κ1) is 26.9. The zero-order chi connectivity index (χ0) is 27.4. The molecule has 1 N–H and O–H groups in total. The fourth-order valence-electron chi connectivity index (χ4n) is 5.16. The molecule has 38 heavy (non-hydrogen) atoms. The molecule has 7 heteroatoms. The third-order valence-corrected chi connectivity index (χ3v) is 7.22. The lowest BCUT2D eigenvalue weighted by Gasteiger charge is -2.25. The molecule has 0 aliphatic carbocycles. The van der Waals surface area contributed by atoms with Gasteiger partial charge in [-0.2, -0.15) is 0 Å². The number of likely N-dealkylation sites (N-methyl/N-ethyl adjacent to an activating group) is 1. The SMILES string of the molecule is CCn1c(C)c(CC(=O)N[C@@H](Cc2ccccc2)C(=O)N(C)c2ccc(OC)nc2)c2c(C)ccc(C)c21. The monoisotopic (exact) mass is 512 g/mol. The van der Waals surface area contributed by atoms with Crippen LogP contribution in [0, 0.1) is 20.8 Å². The zero-order valence-electron chi connectivity index (χ0n) is 23.0. The number of nitrogens with one attached hydrogen (secondary N) is 1. The number of methoxy groups -OCH3 is 1. The molecule has 0 bridgehead atoms. The third kappa shape index (κ3) is 5.42. The minimum Gasteiger partial charge on any atom is -0.481 e. The number of amides is 2. The third-order valence-electron chi connectivity index (χ3n) is 7.22. The molecule has 4 rings (SSSR count). The maximum Gasteiger partial charge on any atom is 0.249 e. The quantitative estimate of drug-likeness (QED) is 0.345. The van der Waals surface area contributed by atoms with E-state index in [-0.39, 0.29) is 18.2 Å². The number of rotatable bonds is 9. The van der Waals surface area contributed by atoms with Gasteiger partial charge in [0, 0.05) is 37.2 Å². The molecule has 1 atom stereocenters. The molecule has 7 nitrogen and oxygen atoms in total. The summed E-state index contributed by atoms with van der Waals surface area (Å²) in [6.07, 6.45) is 2.17. The van der Waals surface area contributed by atoms with Gasteiger partial charge in [-0.15, -0.1) is 0 Å². The molecular weight excluding hydrogens is 476 g/mol. The van der Waals surface area contributed by atoms with Gasteiger partial charge in [-0.1, -0.05) is 42.5 Å². The summed E-state index contributed by atoms with van der Waals surface area (Å²) in [4.78, 5) is 32.9. The van der Waals surface area contributed by atoms with Crippen molar-refractivity contribution in [1.82, 2.24) is 14.9 Å². The molecule has 2 aromatic heterocycles. The second-order valence-electron chi connectivity index (χ2n) is 9.67. The smallest absolute Gasteiger partial charge is 0.249 e. The Morgan fingerprint density at radius 1 is 1.03 bits per heavy atom. The maximum atomic E-state index is 13.7. The van der Waals surface area contributed by atoms with Gasteiger partial charge in [-0.3, -0.25) is 9.59 Å². The Morgan fingerprint density at radius 2 is 1.74 bits per heavy atom. The highest BCUT2D eigenvalue weighted by atomic mass is 16.5. The van der Waals surface area contributed by atoms with Crippen LogP contribution in [0.1, 0.15) is 34.9 Å². The molecule has 4 aromatic rings. The normalized spacial score (nSPS) is 11.8. The van der Waals surface area contributed by atoms with Crippen molar-refractivity contribution in [2.45, 2.75) is 53.1 Å². The van der Waals surface area contributed by atoms with E-state index in [9.17, 15) is 9.59 Å². The van der Waals surface area contributed by atoms with Crippen LogP contribution in [0.25, 0.3) is 10.9 Å². The Labute approximate surface area is 224 Å². The number of carbonyl (C=O) groups is 2. The van der Waals surface area contributed by atoms with Crippen LogP contribution in [0.4, 0.5) is 5.69 Å². The fourth-order valence-corrected chi connectivity index (χ4v) is 5.16. The maximum absolute atomic E-state index is 13.7. The van der Waals surface area contributed by atoms with Crippen LogP contribution in [0.3, 0.4) is 0 Å². The molecule has 2 heterocycles. The molecule has 0 unspecified atom stereocenters. The van der Waals surface area contributed by atoms with Gasteiger partial charge in [0.1, 0.15) is 6.04 Å². The molecule has 0 saturated carbocycles. The Hall–Kier alpha value is -4.13. The lowest BCUT2D eigenvalue weighted by Crippen LogP contribution is -2.49. The van der Waals surface area contributed by atoms with E-state index >= 15 is 0 Å². The first-order chi connectivity index (χ1) is 18.2. The standard InChI is InChI=1S/C31H36N4O3/c1-7-35-22(4)25(29-20(2)13-14-21(3)30(29)35)18-27(36)33-26(17-23-11-9-8-10-12-23)31(37)34(5)24-15-16-28(38-6)32-19-24/h8-16,19,26H,7,17-18H2,1-6H3,(H,33,36)/t26-/m0/s1. The number of hydrogen-bond acceptors (Lipinski definition) is 4. The number of aromatic nitrogens is 2. The first-order valence-corrected chi connectivity index (χ1v) is 12.9. The van der Waals surface area contributed by atoms with Crippen LogP contribution in [-0.4, -0.2) is 41.6 Å². The molecule has 0 spiro atoms. The summed E-state index contributed by atoms with van der Waals surface area (Å²) in [5.41, 5.74) is 7.20. The molecular formula is C31H36N4O3. The Kier molecular flexibility index (Phi) is 8.15. The van der Waals surface area contributed by atoms with Crippen molar-refractivity contribution in [1.29, 1.82) is 0 Å². The summed E-state index contributed by atoms with van der Waals surface area (Å²) in [7, 11) is 3.24. The predicted molar refractivity (Wildman–Crippen MR) is 152 cm³/mol. The van der Waals surface area contributed by atoms with Gasteiger partial charge in [-0.25, -0.2) is 4.98 Å². The summed E-state index contributed by atoms with van der Waals surface area (Å²) in [5, 5.41) is 4.19. The Morgan fingerprint density at radius 3 is 2.37 bits per heavy atom. The lowest BCUT2D eigenvalue weighted by atomic mass is 10.00. The van der Waals surface area contributed by atoms with Gasteiger partial charge in [0.25, 0.3) is 0 Å². The number of anilines is 1. The van der Waals surface area contributed by atoms with E-state index in [4.69, 9.17) is 4.74 Å². The van der Waals surface area contributed by atoms with Crippen LogP contribution < -0.4 is 15.0 Å². The highest BCUT2D eigenvalue weighted by Gasteiger charge is 2.27. The summed E-state index contributed by atoms with van der Waals surface area (Å²) in [5.74, 6) is 0.0736. The second kappa shape index (κ2) is 11.5. The number of fused-ring (bicyclic) bond motifs is 1. The molecule has 198 valence electrons. The molecule has 0 aliphatic heterocycles.